The molecule has 276 valence electrons. The molecule has 2 amide bonds. The Bertz CT molecular complexity index is 2360. The van der Waals surface area contributed by atoms with Crippen LogP contribution in [0.3, 0.4) is 0 Å². The zero-order valence-electron chi connectivity index (χ0n) is 30.8. The number of hydrogen-bond donors (Lipinski definition) is 1. The van der Waals surface area contributed by atoms with E-state index in [4.69, 9.17) is 9.47 Å². The van der Waals surface area contributed by atoms with Crippen LogP contribution in [0.2, 0.25) is 0 Å². The summed E-state index contributed by atoms with van der Waals surface area (Å²) in [5.74, 6) is 0.903. The highest BCUT2D eigenvalue weighted by atomic mass is 32.2. The number of likely N-dealkylation sites (N-methyl/N-ethyl adjacent to an activating group) is 1. The lowest BCUT2D eigenvalue weighted by Crippen LogP contribution is -2.96. The number of nitrogens with one attached hydrogen (secondary N) is 1. The molecule has 10 rings (SSSR count). The van der Waals surface area contributed by atoms with Crippen molar-refractivity contribution in [3.05, 3.63) is 76.9 Å². The number of hydrogen-bond acceptors (Lipinski definition) is 7. The Labute approximate surface area is 310 Å². The third kappa shape index (κ3) is 4.43. The van der Waals surface area contributed by atoms with E-state index >= 15 is 4.79 Å². The maximum absolute atomic E-state index is 15.1. The average molecular weight is 735 g/mol. The lowest BCUT2D eigenvalue weighted by atomic mass is 9.52. The second-order valence-electron chi connectivity index (χ2n) is 16.5. The first-order chi connectivity index (χ1) is 25.5. The van der Waals surface area contributed by atoms with Crippen LogP contribution in [0.15, 0.2) is 59.5 Å². The van der Waals surface area contributed by atoms with Crippen molar-refractivity contribution in [2.75, 3.05) is 27.8 Å². The fourth-order valence-corrected chi connectivity index (χ4v) is 12.3. The average Bonchev–Trinajstić information content (AvgIpc) is 3.81. The van der Waals surface area contributed by atoms with Gasteiger partial charge >= 0.3 is 0 Å². The van der Waals surface area contributed by atoms with Gasteiger partial charge in [-0.2, -0.15) is 0 Å². The Kier molecular flexibility index (Phi) is 7.11. The summed E-state index contributed by atoms with van der Waals surface area (Å²) in [5, 5.41) is 1.07. The number of aromatic nitrogens is 1. The van der Waals surface area contributed by atoms with Gasteiger partial charge in [0.25, 0.3) is 15.9 Å². The molecular formula is C42H46N4O6S. The van der Waals surface area contributed by atoms with Gasteiger partial charge < -0.3 is 18.9 Å². The van der Waals surface area contributed by atoms with Gasteiger partial charge in [-0.25, -0.2) is 13.1 Å². The molecule has 3 saturated carbocycles. The highest BCUT2D eigenvalue weighted by Gasteiger charge is 2.78. The highest BCUT2D eigenvalue weighted by molar-refractivity contribution is 7.90. The Morgan fingerprint density at radius 3 is 2.43 bits per heavy atom. The Hall–Kier alpha value is -4.35. The van der Waals surface area contributed by atoms with E-state index in [1.165, 1.54) is 30.7 Å². The van der Waals surface area contributed by atoms with Crippen molar-refractivity contribution >= 4 is 32.7 Å². The van der Waals surface area contributed by atoms with Crippen molar-refractivity contribution in [3.63, 3.8) is 0 Å². The number of carbonyl (C=O) groups excluding carboxylic acids is 2. The quantitative estimate of drug-likeness (QED) is 0.236. The van der Waals surface area contributed by atoms with Gasteiger partial charge in [0.2, 0.25) is 5.91 Å². The molecule has 4 heterocycles. The SMILES string of the molecule is COc1ccc2c(c1)C1CC1(C(=O)N1C3CCC34C1CN4C)Cn1c-2c(C2CCCCC2)c2ccc(C(=O)NS(=O)(=O)c3ccc(C)cc3OC)cc21. The van der Waals surface area contributed by atoms with Crippen LogP contribution in [0.25, 0.3) is 22.2 Å². The van der Waals surface area contributed by atoms with Crippen LogP contribution >= 0.6 is 0 Å². The predicted molar refractivity (Wildman–Crippen MR) is 201 cm³/mol. The Morgan fingerprint density at radius 2 is 1.74 bits per heavy atom. The zero-order valence-corrected chi connectivity index (χ0v) is 31.6. The number of carbonyl (C=O) groups is 2. The lowest BCUT2D eigenvalue weighted by Gasteiger charge is -2.80. The molecule has 11 heteroatoms. The van der Waals surface area contributed by atoms with Gasteiger partial charge in [-0.1, -0.05) is 31.4 Å². The van der Waals surface area contributed by atoms with Crippen LogP contribution in [0.5, 0.6) is 11.5 Å². The maximum atomic E-state index is 15.1. The number of aryl methyl sites for hydroxylation is 1. The van der Waals surface area contributed by atoms with E-state index in [2.05, 4.69) is 38.3 Å². The molecule has 6 aliphatic rings. The van der Waals surface area contributed by atoms with Crippen molar-refractivity contribution in [1.29, 1.82) is 0 Å². The summed E-state index contributed by atoms with van der Waals surface area (Å²) in [5.41, 5.74) is 6.22. The monoisotopic (exact) mass is 734 g/mol. The molecule has 3 aromatic carbocycles. The van der Waals surface area contributed by atoms with Crippen molar-refractivity contribution < 1.29 is 27.5 Å². The summed E-state index contributed by atoms with van der Waals surface area (Å²) in [6.45, 7) is 3.28. The molecule has 0 bridgehead atoms. The molecule has 5 unspecified atom stereocenters. The first-order valence-corrected chi connectivity index (χ1v) is 20.6. The molecular weight excluding hydrogens is 689 g/mol. The summed E-state index contributed by atoms with van der Waals surface area (Å²) < 4.78 is 42.9. The Balaban J connectivity index is 1.11. The molecule has 1 aromatic heterocycles. The van der Waals surface area contributed by atoms with Gasteiger partial charge in [-0.05, 0) is 111 Å². The lowest BCUT2D eigenvalue weighted by molar-refractivity contribution is -0.278. The van der Waals surface area contributed by atoms with Crippen LogP contribution in [0.1, 0.15) is 90.3 Å². The number of rotatable bonds is 7. The van der Waals surface area contributed by atoms with E-state index in [1.807, 2.05) is 25.1 Å². The van der Waals surface area contributed by atoms with E-state index < -0.39 is 21.3 Å². The van der Waals surface area contributed by atoms with Crippen LogP contribution < -0.4 is 14.2 Å². The minimum atomic E-state index is -4.24. The third-order valence-electron chi connectivity index (χ3n) is 14.1. The number of likely N-dealkylation sites (tertiary alicyclic amines) is 2. The maximum Gasteiger partial charge on any atom is 0.268 e. The first-order valence-electron chi connectivity index (χ1n) is 19.1. The number of benzene rings is 3. The summed E-state index contributed by atoms with van der Waals surface area (Å²) in [4.78, 5) is 33.5. The number of ether oxygens (including phenoxy) is 2. The van der Waals surface area contributed by atoms with Crippen LogP contribution in [-0.4, -0.2) is 80.0 Å². The molecule has 53 heavy (non-hydrogen) atoms. The van der Waals surface area contributed by atoms with E-state index in [0.717, 1.165) is 85.0 Å². The molecule has 2 saturated heterocycles. The minimum absolute atomic E-state index is 0.0586. The second kappa shape index (κ2) is 11.3. The van der Waals surface area contributed by atoms with Crippen molar-refractivity contribution in [1.82, 2.24) is 19.1 Å². The van der Waals surface area contributed by atoms with Crippen molar-refractivity contribution in [2.24, 2.45) is 5.41 Å². The highest BCUT2D eigenvalue weighted by Crippen LogP contribution is 2.69. The van der Waals surface area contributed by atoms with Crippen LogP contribution in [0, 0.1) is 12.3 Å². The van der Waals surface area contributed by atoms with E-state index in [-0.39, 0.29) is 45.7 Å². The summed E-state index contributed by atoms with van der Waals surface area (Å²) in [7, 11) is 1.06. The standard InChI is InChI=1S/C42H46N4O6S/c1-24-10-15-34(33(18-24)52-4)53(49,50)43-39(47)26-11-13-29-32(19-26)45-23-41(40(48)46-35-16-17-42(35)36(46)22-44(42)2)21-31(41)30-20-27(51-3)12-14-28(30)38(45)37(29)25-8-6-5-7-9-25/h10-15,18-20,25,31,35-36H,5-9,16-17,21-23H2,1-4H3,(H,43,47). The van der Waals surface area contributed by atoms with Gasteiger partial charge in [0.05, 0.1) is 43.0 Å². The molecule has 3 aliphatic carbocycles. The minimum Gasteiger partial charge on any atom is -0.497 e. The predicted octanol–water partition coefficient (Wildman–Crippen LogP) is 6.35. The van der Waals surface area contributed by atoms with Crippen molar-refractivity contribution in [3.8, 4) is 22.8 Å². The number of sulfonamides is 1. The van der Waals surface area contributed by atoms with Gasteiger partial charge in [0.15, 0.2) is 0 Å². The third-order valence-corrected chi connectivity index (χ3v) is 15.5. The summed E-state index contributed by atoms with van der Waals surface area (Å²) in [6, 6.07) is 17.3. The van der Waals surface area contributed by atoms with Gasteiger partial charge in [-0.3, -0.25) is 14.5 Å². The van der Waals surface area contributed by atoms with Crippen LogP contribution in [0.4, 0.5) is 0 Å². The summed E-state index contributed by atoms with van der Waals surface area (Å²) >= 11 is 0. The number of amides is 2. The Morgan fingerprint density at radius 1 is 0.925 bits per heavy atom. The first kappa shape index (κ1) is 33.2. The second-order valence-corrected chi connectivity index (χ2v) is 18.2. The molecule has 4 aromatic rings. The van der Waals surface area contributed by atoms with E-state index in [1.54, 1.807) is 25.3 Å². The fourth-order valence-electron chi connectivity index (χ4n) is 11.2. The molecule has 3 aliphatic heterocycles. The topological polar surface area (TPSA) is 110 Å². The number of nitrogens with zero attached hydrogens (tertiary/aromatic N) is 3. The molecule has 5 fully saturated rings. The molecule has 0 radical (unpaired) electrons. The molecule has 1 N–H and O–H groups in total. The zero-order chi connectivity index (χ0) is 36.6. The number of fused-ring (bicyclic) bond motifs is 7. The van der Waals surface area contributed by atoms with E-state index in [9.17, 15) is 13.2 Å². The van der Waals surface area contributed by atoms with Gasteiger partial charge in [0, 0.05) is 41.0 Å². The fraction of sp³-hybridized carbons (Fsp3) is 0.476. The van der Waals surface area contributed by atoms with Crippen LogP contribution in [-0.2, 0) is 21.4 Å². The molecule has 5 atom stereocenters. The smallest absolute Gasteiger partial charge is 0.268 e. The number of piperazine rings is 1. The number of piperidine rings is 1. The van der Waals surface area contributed by atoms with Gasteiger partial charge in [0.1, 0.15) is 16.4 Å². The summed E-state index contributed by atoms with van der Waals surface area (Å²) in [6.07, 6.45) is 8.67. The molecule has 1 spiro atoms. The largest absolute Gasteiger partial charge is 0.497 e. The van der Waals surface area contributed by atoms with Gasteiger partial charge in [-0.15, -0.1) is 0 Å². The molecule has 10 nitrogen and oxygen atoms in total. The normalized spacial score (nSPS) is 28.5. The van der Waals surface area contributed by atoms with Crippen molar-refractivity contribution in [2.45, 2.75) is 99.2 Å². The van der Waals surface area contributed by atoms with E-state index in [0.29, 0.717) is 12.5 Å². The number of methoxy groups -OCH3 is 2.